The number of nitrogens with one attached hydrogen (secondary N) is 2. The maximum absolute atomic E-state index is 11.3. The van der Waals surface area contributed by atoms with Gasteiger partial charge >= 0.3 is 0 Å². The van der Waals surface area contributed by atoms with E-state index in [9.17, 15) is 8.42 Å². The zero-order chi connectivity index (χ0) is 21.1. The predicted octanol–water partition coefficient (Wildman–Crippen LogP) is 4.71. The highest BCUT2D eigenvalue weighted by atomic mass is 32.2. The van der Waals surface area contributed by atoms with E-state index < -0.39 is 10.0 Å². The van der Waals surface area contributed by atoms with Gasteiger partial charge in [-0.25, -0.2) is 23.1 Å². The number of hydrogen-bond donors (Lipinski definition) is 2. The molecule has 154 valence electrons. The Bertz CT molecular complexity index is 1280. The molecule has 2 aromatic carbocycles. The normalized spacial score (nSPS) is 11.7. The summed E-state index contributed by atoms with van der Waals surface area (Å²) in [6.07, 6.45) is 3.82. The fourth-order valence-electron chi connectivity index (χ4n) is 3.07. The molecule has 2 heterocycles. The minimum Gasteiger partial charge on any atom is -0.316 e. The number of sulfonamides is 1. The number of pyridine rings is 1. The second-order valence-electron chi connectivity index (χ2n) is 7.02. The van der Waals surface area contributed by atoms with Gasteiger partial charge in [0.25, 0.3) is 0 Å². The molecular weight excluding hydrogens is 416 g/mol. The van der Waals surface area contributed by atoms with Gasteiger partial charge in [0.2, 0.25) is 10.0 Å². The van der Waals surface area contributed by atoms with Crippen molar-refractivity contribution >= 4 is 42.5 Å². The summed E-state index contributed by atoms with van der Waals surface area (Å²) in [7, 11) is -3.24. The average molecular weight is 439 g/mol. The summed E-state index contributed by atoms with van der Waals surface area (Å²) >= 11 is 1.56. The molecule has 0 atom stereocenters. The van der Waals surface area contributed by atoms with E-state index in [4.69, 9.17) is 0 Å². The highest BCUT2D eigenvalue weighted by molar-refractivity contribution is 7.88. The summed E-state index contributed by atoms with van der Waals surface area (Å²) < 4.78 is 26.2. The van der Waals surface area contributed by atoms with Gasteiger partial charge in [0, 0.05) is 12.7 Å². The molecule has 0 saturated heterocycles. The Balaban J connectivity index is 1.54. The van der Waals surface area contributed by atoms with Crippen LogP contribution in [0, 0.1) is 0 Å². The molecule has 2 aromatic heterocycles. The van der Waals surface area contributed by atoms with Gasteiger partial charge in [-0.2, -0.15) is 0 Å². The number of aryl methyl sites for hydroxylation is 1. The molecule has 2 N–H and O–H groups in total. The maximum atomic E-state index is 11.3. The summed E-state index contributed by atoms with van der Waals surface area (Å²) in [6.45, 7) is 2.37. The van der Waals surface area contributed by atoms with Crippen LogP contribution in [0.25, 0.3) is 21.3 Å². The van der Waals surface area contributed by atoms with Crippen LogP contribution in [-0.4, -0.2) is 24.6 Å². The summed E-state index contributed by atoms with van der Waals surface area (Å²) in [5, 5.41) is 3.96. The molecule has 30 heavy (non-hydrogen) atoms. The number of fused-ring (bicyclic) bond motifs is 1. The standard InChI is InChI=1S/C22H22N4O2S2/c1-3-15-4-6-17(7-5-15)18-8-9-19-20(13-18)29-22(25-19)26-21-12-16(10-11-23-21)14-24-30(2,27)28/h4-13,24H,3,14H2,1-2H3,(H,23,25,26). The second kappa shape index (κ2) is 8.51. The number of thiazole rings is 1. The number of nitrogens with zero attached hydrogens (tertiary/aromatic N) is 2. The van der Waals surface area contributed by atoms with E-state index in [1.165, 1.54) is 11.1 Å². The Morgan fingerprint density at radius 1 is 0.967 bits per heavy atom. The lowest BCUT2D eigenvalue weighted by Crippen LogP contribution is -2.21. The first-order valence-corrected chi connectivity index (χ1v) is 12.3. The van der Waals surface area contributed by atoms with E-state index in [0.29, 0.717) is 5.82 Å². The first kappa shape index (κ1) is 20.5. The fourth-order valence-corrected chi connectivity index (χ4v) is 4.41. The Morgan fingerprint density at radius 3 is 2.47 bits per heavy atom. The van der Waals surface area contributed by atoms with Crippen molar-refractivity contribution in [2.75, 3.05) is 11.6 Å². The summed E-state index contributed by atoms with van der Waals surface area (Å²) in [6, 6.07) is 18.5. The number of hydrogen-bond acceptors (Lipinski definition) is 6. The van der Waals surface area contributed by atoms with Crippen molar-refractivity contribution in [3.8, 4) is 11.1 Å². The zero-order valence-corrected chi connectivity index (χ0v) is 18.3. The molecule has 0 aliphatic heterocycles. The van der Waals surface area contributed by atoms with Crippen LogP contribution in [0.4, 0.5) is 10.9 Å². The largest absolute Gasteiger partial charge is 0.316 e. The van der Waals surface area contributed by atoms with Crippen LogP contribution in [0.2, 0.25) is 0 Å². The number of benzene rings is 2. The van der Waals surface area contributed by atoms with E-state index in [2.05, 4.69) is 63.3 Å². The summed E-state index contributed by atoms with van der Waals surface area (Å²) in [5.74, 6) is 0.622. The lowest BCUT2D eigenvalue weighted by Gasteiger charge is -2.05. The maximum Gasteiger partial charge on any atom is 0.209 e. The van der Waals surface area contributed by atoms with Crippen LogP contribution in [0.15, 0.2) is 60.8 Å². The average Bonchev–Trinajstić information content (AvgIpc) is 3.13. The molecule has 0 saturated carbocycles. The third-order valence-electron chi connectivity index (χ3n) is 4.68. The number of aromatic nitrogens is 2. The van der Waals surface area contributed by atoms with Gasteiger partial charge < -0.3 is 5.32 Å². The highest BCUT2D eigenvalue weighted by Crippen LogP contribution is 2.32. The van der Waals surface area contributed by atoms with E-state index >= 15 is 0 Å². The van der Waals surface area contributed by atoms with Crippen LogP contribution < -0.4 is 10.0 Å². The van der Waals surface area contributed by atoms with Gasteiger partial charge in [0.15, 0.2) is 5.13 Å². The number of anilines is 2. The molecule has 0 aliphatic carbocycles. The lowest BCUT2D eigenvalue weighted by molar-refractivity contribution is 0.587. The second-order valence-corrected chi connectivity index (χ2v) is 9.88. The SMILES string of the molecule is CCc1ccc(-c2ccc3nc(Nc4cc(CNS(C)(=O)=O)ccn4)sc3c2)cc1. The van der Waals surface area contributed by atoms with Gasteiger partial charge in [0.1, 0.15) is 5.82 Å². The molecule has 8 heteroatoms. The van der Waals surface area contributed by atoms with Gasteiger partial charge in [-0.1, -0.05) is 48.6 Å². The molecule has 0 spiro atoms. The highest BCUT2D eigenvalue weighted by Gasteiger charge is 2.08. The Kier molecular flexibility index (Phi) is 5.80. The lowest BCUT2D eigenvalue weighted by atomic mass is 10.0. The molecular formula is C22H22N4O2S2. The monoisotopic (exact) mass is 438 g/mol. The van der Waals surface area contributed by atoms with Crippen LogP contribution in [0.5, 0.6) is 0 Å². The van der Waals surface area contributed by atoms with Gasteiger partial charge in [0.05, 0.1) is 16.5 Å². The van der Waals surface area contributed by atoms with Crippen molar-refractivity contribution < 1.29 is 8.42 Å². The zero-order valence-electron chi connectivity index (χ0n) is 16.7. The molecule has 0 aliphatic rings. The van der Waals surface area contributed by atoms with Crippen molar-refractivity contribution in [2.24, 2.45) is 0 Å². The Hall–Kier alpha value is -2.81. The molecule has 0 bridgehead atoms. The predicted molar refractivity (Wildman–Crippen MR) is 124 cm³/mol. The van der Waals surface area contributed by atoms with E-state index in [0.717, 1.165) is 39.2 Å². The van der Waals surface area contributed by atoms with Crippen molar-refractivity contribution in [1.29, 1.82) is 0 Å². The number of rotatable bonds is 7. The van der Waals surface area contributed by atoms with Crippen molar-refractivity contribution in [2.45, 2.75) is 19.9 Å². The Labute approximate surface area is 180 Å². The first-order valence-electron chi connectivity index (χ1n) is 9.56. The molecule has 0 fully saturated rings. The van der Waals surface area contributed by atoms with Crippen LogP contribution in [0.1, 0.15) is 18.1 Å². The third kappa shape index (κ3) is 5.02. The molecule has 0 amide bonds. The van der Waals surface area contributed by atoms with E-state index in [-0.39, 0.29) is 6.54 Å². The third-order valence-corrected chi connectivity index (χ3v) is 6.28. The minimum absolute atomic E-state index is 0.218. The first-order chi connectivity index (χ1) is 14.4. The van der Waals surface area contributed by atoms with Crippen molar-refractivity contribution in [1.82, 2.24) is 14.7 Å². The molecule has 0 unspecified atom stereocenters. The van der Waals surface area contributed by atoms with E-state index in [1.54, 1.807) is 23.6 Å². The van der Waals surface area contributed by atoms with Crippen LogP contribution in [0.3, 0.4) is 0 Å². The fraction of sp³-hybridized carbons (Fsp3) is 0.182. The van der Waals surface area contributed by atoms with Crippen LogP contribution in [-0.2, 0) is 23.0 Å². The van der Waals surface area contributed by atoms with Crippen LogP contribution >= 0.6 is 11.3 Å². The summed E-state index contributed by atoms with van der Waals surface area (Å²) in [5.41, 5.74) is 5.41. The molecule has 6 nitrogen and oxygen atoms in total. The quantitative estimate of drug-likeness (QED) is 0.436. The van der Waals surface area contributed by atoms with Crippen molar-refractivity contribution in [3.05, 3.63) is 71.9 Å². The van der Waals surface area contributed by atoms with Gasteiger partial charge in [-0.15, -0.1) is 0 Å². The molecule has 4 aromatic rings. The molecule has 4 rings (SSSR count). The van der Waals surface area contributed by atoms with Crippen molar-refractivity contribution in [3.63, 3.8) is 0 Å². The van der Waals surface area contributed by atoms with E-state index in [1.807, 2.05) is 12.1 Å². The van der Waals surface area contributed by atoms with Gasteiger partial charge in [-0.05, 0) is 52.9 Å². The van der Waals surface area contributed by atoms with Gasteiger partial charge in [-0.3, -0.25) is 0 Å². The Morgan fingerprint density at radius 2 is 1.73 bits per heavy atom. The smallest absolute Gasteiger partial charge is 0.209 e. The minimum atomic E-state index is -3.24. The molecule has 0 radical (unpaired) electrons. The topological polar surface area (TPSA) is 84.0 Å². The summed E-state index contributed by atoms with van der Waals surface area (Å²) in [4.78, 5) is 8.95.